The number of rotatable bonds is 0. The molecule has 0 unspecified atom stereocenters. The molecule has 9 heteroatoms. The Morgan fingerprint density at radius 3 is 0.333 bits per heavy atom. The van der Waals surface area contributed by atoms with Crippen LogP contribution in [0.15, 0.2) is 0 Å². The summed E-state index contributed by atoms with van der Waals surface area (Å²) in [5.41, 5.74) is 0. The third-order valence-corrected chi connectivity index (χ3v) is 0. The molecule has 0 amide bonds. The van der Waals surface area contributed by atoms with Crippen LogP contribution in [0, 0.1) is 0 Å². The summed E-state index contributed by atoms with van der Waals surface area (Å²) < 4.78 is 0. The fourth-order valence-corrected chi connectivity index (χ4v) is 0. The summed E-state index contributed by atoms with van der Waals surface area (Å²) in [5.74, 6) is 0. The largest absolute Gasteiger partial charge is 3.00 e. The molecule has 0 aromatic carbocycles. The molecule has 0 atom stereocenters. The SMILES string of the molecule is [S-2].[S-2].[S-2].[S-2].[S-2].[Sc+3].[Sc+3].[Zn+2].[Zn+2]. The van der Waals surface area contributed by atoms with Crippen molar-refractivity contribution in [3.8, 4) is 0 Å². The van der Waals surface area contributed by atoms with Crippen molar-refractivity contribution in [1.29, 1.82) is 0 Å². The van der Waals surface area contributed by atoms with Crippen LogP contribution in [0.3, 0.4) is 0 Å². The van der Waals surface area contributed by atoms with E-state index < -0.39 is 0 Å². The molecule has 0 aliphatic heterocycles. The Bertz CT molecular complexity index is 12.9. The van der Waals surface area contributed by atoms with Crippen LogP contribution in [-0.4, -0.2) is 0 Å². The summed E-state index contributed by atoms with van der Waals surface area (Å²) in [4.78, 5) is 0. The third kappa shape index (κ3) is 65.4. The smallest absolute Gasteiger partial charge is 2.00 e. The zero-order valence-corrected chi connectivity index (χ0v) is 18.2. The summed E-state index contributed by atoms with van der Waals surface area (Å²) in [6.07, 6.45) is 0. The first kappa shape index (κ1) is 99.3. The quantitative estimate of drug-likeness (QED) is 0.518. The van der Waals surface area contributed by atoms with Gasteiger partial charge in [0, 0.05) is 0 Å². The van der Waals surface area contributed by atoms with Gasteiger partial charge in [-0.1, -0.05) is 0 Å². The Morgan fingerprint density at radius 2 is 0.333 bits per heavy atom. The van der Waals surface area contributed by atoms with Gasteiger partial charge in [0.15, 0.2) is 0 Å². The van der Waals surface area contributed by atoms with E-state index in [2.05, 4.69) is 0 Å². The van der Waals surface area contributed by atoms with E-state index in [1.54, 1.807) is 0 Å². The average molecular weight is 381 g/mol. The molecular formula is S5Sc2Zn2. The zero-order valence-electron chi connectivity index (χ0n) is 4.61. The molecule has 40 valence electrons. The topological polar surface area (TPSA) is 0 Å². The minimum Gasteiger partial charge on any atom is -2.00 e. The van der Waals surface area contributed by atoms with Crippen LogP contribution in [0.25, 0.3) is 0 Å². The van der Waals surface area contributed by atoms with E-state index >= 15 is 0 Å². The van der Waals surface area contributed by atoms with Crippen LogP contribution in [0.4, 0.5) is 0 Å². The Morgan fingerprint density at radius 1 is 0.333 bits per heavy atom. The predicted octanol–water partition coefficient (Wildman–Crippen LogP) is -0.0220. The maximum atomic E-state index is 0. The monoisotopic (exact) mass is 378 g/mol. The Balaban J connectivity index is 0. The van der Waals surface area contributed by atoms with E-state index in [-0.39, 0.29) is 158 Å². The standard InChI is InChI=1S/5S.2Sc.2Zn/q5*-2;2*+3;2*+2. The molecule has 0 radical (unpaired) electrons. The van der Waals surface area contributed by atoms with Gasteiger partial charge in [-0.25, -0.2) is 0 Å². The first-order valence-corrected chi connectivity index (χ1v) is 0. The molecule has 0 aromatic rings. The van der Waals surface area contributed by atoms with Crippen LogP contribution in [0.1, 0.15) is 0 Å². The van der Waals surface area contributed by atoms with Gasteiger partial charge in [-0.05, 0) is 0 Å². The second-order valence-corrected chi connectivity index (χ2v) is 0. The van der Waals surface area contributed by atoms with E-state index in [1.807, 2.05) is 0 Å². The predicted molar refractivity (Wildman–Crippen MR) is 36.8 cm³/mol. The summed E-state index contributed by atoms with van der Waals surface area (Å²) in [6.45, 7) is 0. The van der Waals surface area contributed by atoms with Gasteiger partial charge in [-0.15, -0.1) is 0 Å². The van der Waals surface area contributed by atoms with Crippen LogP contribution >= 0.6 is 0 Å². The fraction of sp³-hybridized carbons (Fsp3) is 0. The van der Waals surface area contributed by atoms with Gasteiger partial charge in [0.05, 0.1) is 0 Å². The fourth-order valence-electron chi connectivity index (χ4n) is 0. The van der Waals surface area contributed by atoms with Crippen LogP contribution < -0.4 is 0 Å². The molecule has 0 N–H and O–H groups in total. The summed E-state index contributed by atoms with van der Waals surface area (Å²) in [6, 6.07) is 0. The first-order valence-electron chi connectivity index (χ1n) is 0. The minimum absolute atomic E-state index is 0. The van der Waals surface area contributed by atoms with E-state index in [0.717, 1.165) is 0 Å². The van der Waals surface area contributed by atoms with E-state index in [9.17, 15) is 0 Å². The van der Waals surface area contributed by atoms with Crippen molar-refractivity contribution in [1.82, 2.24) is 0 Å². The molecule has 0 aliphatic carbocycles. The molecule has 0 heterocycles. The van der Waals surface area contributed by atoms with Crippen molar-refractivity contribution in [3.05, 3.63) is 0 Å². The van der Waals surface area contributed by atoms with Gasteiger partial charge in [-0.3, -0.25) is 0 Å². The van der Waals surface area contributed by atoms with Gasteiger partial charge in [0.25, 0.3) is 0 Å². The Labute approximate surface area is 155 Å². The number of hydrogen-bond donors (Lipinski definition) is 0. The molecule has 0 saturated carbocycles. The average Bonchev–Trinajstić information content (AvgIpc) is 0. The number of hydrogen-bond acceptors (Lipinski definition) is 0. The van der Waals surface area contributed by atoms with Crippen molar-refractivity contribution < 1.29 is 90.6 Å². The van der Waals surface area contributed by atoms with Gasteiger partial charge >= 0.3 is 90.6 Å². The molecular weight excluding hydrogens is 381 g/mol. The first-order chi connectivity index (χ1) is 0. The molecule has 0 saturated heterocycles. The van der Waals surface area contributed by atoms with Crippen molar-refractivity contribution >= 4 is 67.5 Å². The van der Waals surface area contributed by atoms with E-state index in [4.69, 9.17) is 0 Å². The van der Waals surface area contributed by atoms with Gasteiger partial charge in [-0.2, -0.15) is 0 Å². The molecule has 9 heavy (non-hydrogen) atoms. The van der Waals surface area contributed by atoms with E-state index in [1.165, 1.54) is 0 Å². The van der Waals surface area contributed by atoms with Gasteiger partial charge < -0.3 is 67.5 Å². The maximum absolute atomic E-state index is 0. The summed E-state index contributed by atoms with van der Waals surface area (Å²) in [5, 5.41) is 0. The molecule has 0 aromatic heterocycles. The molecule has 0 nitrogen and oxygen atoms in total. The maximum Gasteiger partial charge on any atom is 3.00 e. The van der Waals surface area contributed by atoms with Crippen molar-refractivity contribution in [2.24, 2.45) is 0 Å². The van der Waals surface area contributed by atoms with Crippen molar-refractivity contribution in [2.75, 3.05) is 0 Å². The Kier molecular flexibility index (Phi) is 863. The summed E-state index contributed by atoms with van der Waals surface area (Å²) >= 11 is 0. The molecule has 0 rings (SSSR count). The van der Waals surface area contributed by atoms with Crippen LogP contribution in [0.5, 0.6) is 0 Å². The van der Waals surface area contributed by atoms with E-state index in [0.29, 0.717) is 0 Å². The second-order valence-electron chi connectivity index (χ2n) is 0. The zero-order chi connectivity index (χ0) is 0. The molecule has 0 aliphatic rings. The van der Waals surface area contributed by atoms with Gasteiger partial charge in [0.1, 0.15) is 0 Å². The van der Waals surface area contributed by atoms with Crippen molar-refractivity contribution in [2.45, 2.75) is 0 Å². The normalized spacial score (nSPS) is 0. The van der Waals surface area contributed by atoms with Crippen molar-refractivity contribution in [3.63, 3.8) is 0 Å². The molecule has 0 fully saturated rings. The molecule has 0 spiro atoms. The second kappa shape index (κ2) is 78.2. The summed E-state index contributed by atoms with van der Waals surface area (Å²) in [7, 11) is 0. The van der Waals surface area contributed by atoms with Gasteiger partial charge in [0.2, 0.25) is 0 Å². The molecule has 0 bridgehead atoms. The third-order valence-electron chi connectivity index (χ3n) is 0. The van der Waals surface area contributed by atoms with Crippen LogP contribution in [0.2, 0.25) is 0 Å². The Hall–Kier alpha value is 4.74. The van der Waals surface area contributed by atoms with Crippen LogP contribution in [-0.2, 0) is 158 Å². The minimum atomic E-state index is 0.